The van der Waals surface area contributed by atoms with Crippen LogP contribution in [0.1, 0.15) is 367 Å². The van der Waals surface area contributed by atoms with E-state index in [0.717, 1.165) is 51.4 Å². The van der Waals surface area contributed by atoms with Gasteiger partial charge in [0.05, 0.1) is 32.0 Å². The number of ether oxygens (including phenoxy) is 3. The zero-order chi connectivity index (χ0) is 60.9. The van der Waals surface area contributed by atoms with Crippen LogP contribution < -0.4 is 5.32 Å². The molecule has 0 aromatic carbocycles. The van der Waals surface area contributed by atoms with Crippen LogP contribution in [0.15, 0.2) is 24.3 Å². The molecule has 1 aliphatic heterocycles. The van der Waals surface area contributed by atoms with Crippen LogP contribution in [0.5, 0.6) is 0 Å². The van der Waals surface area contributed by atoms with E-state index in [4.69, 9.17) is 14.2 Å². The lowest BCUT2D eigenvalue weighted by Crippen LogP contribution is -2.60. The topological polar surface area (TPSA) is 175 Å². The smallest absolute Gasteiger partial charge is 0.305 e. The van der Waals surface area contributed by atoms with Gasteiger partial charge >= 0.3 is 5.97 Å². The summed E-state index contributed by atoms with van der Waals surface area (Å²) in [5.74, 6) is -0.172. The second kappa shape index (κ2) is 62.7. The first kappa shape index (κ1) is 80.2. The van der Waals surface area contributed by atoms with Crippen molar-refractivity contribution >= 4 is 11.9 Å². The highest BCUT2D eigenvalue weighted by Crippen LogP contribution is 2.24. The van der Waals surface area contributed by atoms with Crippen molar-refractivity contribution in [2.24, 2.45) is 0 Å². The summed E-state index contributed by atoms with van der Waals surface area (Å²) >= 11 is 0. The maximum Gasteiger partial charge on any atom is 0.305 e. The van der Waals surface area contributed by atoms with E-state index < -0.39 is 49.5 Å². The third-order valence-corrected chi connectivity index (χ3v) is 17.6. The molecule has 1 amide bonds. The Balaban J connectivity index is 1.96. The van der Waals surface area contributed by atoms with Gasteiger partial charge in [0.2, 0.25) is 5.91 Å². The largest absolute Gasteiger partial charge is 0.466 e. The number of aliphatic hydroxyl groups excluding tert-OH is 5. The van der Waals surface area contributed by atoms with Crippen LogP contribution >= 0.6 is 0 Å². The van der Waals surface area contributed by atoms with E-state index in [2.05, 4.69) is 31.3 Å². The fourth-order valence-corrected chi connectivity index (χ4v) is 11.8. The highest BCUT2D eigenvalue weighted by molar-refractivity contribution is 5.76. The quantitative estimate of drug-likeness (QED) is 0.0195. The van der Waals surface area contributed by atoms with Crippen LogP contribution in [0.3, 0.4) is 0 Å². The highest BCUT2D eigenvalue weighted by Gasteiger charge is 2.44. The predicted octanol–water partition coefficient (Wildman–Crippen LogP) is 18.8. The Kier molecular flexibility index (Phi) is 59.9. The molecule has 0 aliphatic carbocycles. The first-order chi connectivity index (χ1) is 41.2. The van der Waals surface area contributed by atoms with E-state index >= 15 is 0 Å². The minimum atomic E-state index is -1.57. The highest BCUT2D eigenvalue weighted by atomic mass is 16.7. The molecule has 1 saturated heterocycles. The number of rotatable bonds is 65. The van der Waals surface area contributed by atoms with Gasteiger partial charge in [-0.1, -0.05) is 334 Å². The van der Waals surface area contributed by atoms with Crippen molar-refractivity contribution in [1.29, 1.82) is 0 Å². The molecule has 11 nitrogen and oxygen atoms in total. The Bertz CT molecular complexity index is 1440. The van der Waals surface area contributed by atoms with Crippen molar-refractivity contribution in [3.05, 3.63) is 24.3 Å². The van der Waals surface area contributed by atoms with Crippen molar-refractivity contribution < 1.29 is 49.3 Å². The Morgan fingerprint density at radius 2 is 0.774 bits per heavy atom. The lowest BCUT2D eigenvalue weighted by molar-refractivity contribution is -0.302. The molecular weight excluding hydrogens is 1050 g/mol. The summed E-state index contributed by atoms with van der Waals surface area (Å²) in [4.78, 5) is 25.1. The van der Waals surface area contributed by atoms with Gasteiger partial charge in [0.25, 0.3) is 0 Å². The maximum atomic E-state index is 13.1. The molecule has 1 fully saturated rings. The first-order valence-electron chi connectivity index (χ1n) is 36.6. The lowest BCUT2D eigenvalue weighted by Gasteiger charge is -2.40. The normalized spacial score (nSPS) is 18.1. The first-order valence-corrected chi connectivity index (χ1v) is 36.6. The summed E-state index contributed by atoms with van der Waals surface area (Å²) < 4.78 is 16.7. The van der Waals surface area contributed by atoms with Crippen LogP contribution in [0.2, 0.25) is 0 Å². The van der Waals surface area contributed by atoms with Gasteiger partial charge in [-0.15, -0.1) is 0 Å². The summed E-state index contributed by atoms with van der Waals surface area (Å²) in [6, 6.07) is -0.824. The van der Waals surface area contributed by atoms with Gasteiger partial charge in [0.15, 0.2) is 6.29 Å². The standard InChI is InChI=1S/C73H139NO10/c1-3-5-7-9-11-13-15-16-36-40-43-47-51-55-59-66(76)65(64-83-73-72(81)71(80)70(79)67(63-75)84-73)74-68(77)60-56-52-48-44-41-37-34-32-30-28-26-24-22-20-18-17-19-21-23-25-27-29-31-33-35-38-42-46-50-54-58-62-82-69(78)61-57-53-49-45-39-14-12-10-8-6-4-2/h40,43,55,59,65-67,70-73,75-76,79-81H,3-39,41-42,44-54,56-58,60-64H2,1-2H3,(H,74,77)/b43-40+,59-55+. The van der Waals surface area contributed by atoms with Gasteiger partial charge in [-0.2, -0.15) is 0 Å². The number of hydrogen-bond acceptors (Lipinski definition) is 10. The van der Waals surface area contributed by atoms with E-state index in [1.54, 1.807) is 6.08 Å². The van der Waals surface area contributed by atoms with Crippen LogP contribution in [0.4, 0.5) is 0 Å². The summed E-state index contributed by atoms with van der Waals surface area (Å²) in [5, 5.41) is 54.5. The molecule has 0 bridgehead atoms. The predicted molar refractivity (Wildman–Crippen MR) is 352 cm³/mol. The number of amides is 1. The second-order valence-electron chi connectivity index (χ2n) is 25.7. The Labute approximate surface area is 518 Å². The zero-order valence-electron chi connectivity index (χ0n) is 55.1. The van der Waals surface area contributed by atoms with E-state index in [-0.39, 0.29) is 18.5 Å². The SMILES string of the molecule is CCCCCCCCCC/C=C/CC/C=C/C(O)C(COC1OC(CO)C(O)C(O)C1O)NC(=O)CCCCCCCCCCCCCCCCCCCCCCCCCCCCCCCCCOC(=O)CCCCCCCCCCCCC. The Morgan fingerprint density at radius 1 is 0.429 bits per heavy atom. The number of carbonyl (C=O) groups is 2. The average Bonchev–Trinajstić information content (AvgIpc) is 3.68. The van der Waals surface area contributed by atoms with E-state index in [1.165, 1.54) is 289 Å². The third kappa shape index (κ3) is 51.1. The van der Waals surface area contributed by atoms with Crippen molar-refractivity contribution in [1.82, 2.24) is 5.32 Å². The number of allylic oxidation sites excluding steroid dienone is 3. The number of esters is 1. The monoisotopic (exact) mass is 1190 g/mol. The Hall–Kier alpha value is -1.86. The molecule has 6 N–H and O–H groups in total. The van der Waals surface area contributed by atoms with Gasteiger partial charge in [0, 0.05) is 12.8 Å². The zero-order valence-corrected chi connectivity index (χ0v) is 55.1. The molecular formula is C73H139NO10. The molecule has 0 saturated carbocycles. The number of unbranched alkanes of at least 4 members (excludes halogenated alkanes) is 49. The number of carbonyl (C=O) groups excluding carboxylic acids is 2. The maximum absolute atomic E-state index is 13.1. The van der Waals surface area contributed by atoms with Crippen molar-refractivity contribution in [3.8, 4) is 0 Å². The van der Waals surface area contributed by atoms with E-state index in [0.29, 0.717) is 19.4 Å². The van der Waals surface area contributed by atoms with Crippen LogP contribution in [0, 0.1) is 0 Å². The Morgan fingerprint density at radius 3 is 1.18 bits per heavy atom. The minimum absolute atomic E-state index is 0.0128. The molecule has 496 valence electrons. The molecule has 0 radical (unpaired) electrons. The molecule has 11 heteroatoms. The summed E-state index contributed by atoms with van der Waals surface area (Å²) in [6.45, 7) is 4.37. The molecule has 84 heavy (non-hydrogen) atoms. The molecule has 0 aromatic heterocycles. The van der Waals surface area contributed by atoms with Crippen molar-refractivity contribution in [2.75, 3.05) is 19.8 Å². The van der Waals surface area contributed by atoms with Crippen LogP contribution in [-0.4, -0.2) is 100 Å². The molecule has 1 heterocycles. The second-order valence-corrected chi connectivity index (χ2v) is 25.7. The van der Waals surface area contributed by atoms with E-state index in [1.807, 2.05) is 6.08 Å². The summed E-state index contributed by atoms with van der Waals surface area (Å²) in [5.41, 5.74) is 0. The molecule has 1 aliphatic rings. The number of hydrogen-bond donors (Lipinski definition) is 6. The summed E-state index contributed by atoms with van der Waals surface area (Å²) in [7, 11) is 0. The van der Waals surface area contributed by atoms with Gasteiger partial charge in [0.1, 0.15) is 24.4 Å². The number of aliphatic hydroxyl groups is 5. The van der Waals surface area contributed by atoms with Gasteiger partial charge in [-0.3, -0.25) is 9.59 Å². The molecule has 0 aromatic rings. The van der Waals surface area contributed by atoms with Crippen LogP contribution in [0.25, 0.3) is 0 Å². The van der Waals surface area contributed by atoms with E-state index in [9.17, 15) is 35.1 Å². The van der Waals surface area contributed by atoms with Crippen molar-refractivity contribution in [3.63, 3.8) is 0 Å². The fraction of sp³-hybridized carbons (Fsp3) is 0.918. The third-order valence-electron chi connectivity index (χ3n) is 17.6. The summed E-state index contributed by atoms with van der Waals surface area (Å²) in [6.07, 6.45) is 68.9. The lowest BCUT2D eigenvalue weighted by atomic mass is 9.99. The number of nitrogens with one attached hydrogen (secondary N) is 1. The molecule has 1 rings (SSSR count). The van der Waals surface area contributed by atoms with Gasteiger partial charge in [-0.05, 0) is 44.9 Å². The van der Waals surface area contributed by atoms with Crippen molar-refractivity contribution in [2.45, 2.75) is 410 Å². The molecule has 7 atom stereocenters. The minimum Gasteiger partial charge on any atom is -0.466 e. The van der Waals surface area contributed by atoms with Crippen LogP contribution in [-0.2, 0) is 23.8 Å². The van der Waals surface area contributed by atoms with Gasteiger partial charge in [-0.25, -0.2) is 0 Å². The average molecular weight is 1190 g/mol. The van der Waals surface area contributed by atoms with Gasteiger partial charge < -0.3 is 45.1 Å². The fourth-order valence-electron chi connectivity index (χ4n) is 11.8. The molecule has 0 spiro atoms. The molecule has 7 unspecified atom stereocenters.